The number of hydrogen-bond acceptors (Lipinski definition) is 3. The third-order valence-electron chi connectivity index (χ3n) is 2.61. The van der Waals surface area contributed by atoms with Crippen molar-refractivity contribution in [3.8, 4) is 0 Å². The molecule has 0 aliphatic carbocycles. The maximum absolute atomic E-state index is 10.9. The average Bonchev–Trinajstić information content (AvgIpc) is 2.64. The number of carbonyl (C=O) groups excluding carboxylic acids is 1. The second-order valence-corrected chi connectivity index (χ2v) is 3.85. The molecule has 0 saturated carbocycles. The molecule has 4 nitrogen and oxygen atoms in total. The lowest BCUT2D eigenvalue weighted by molar-refractivity contribution is -0.118. The summed E-state index contributed by atoms with van der Waals surface area (Å²) in [4.78, 5) is 10.9. The first-order chi connectivity index (χ1) is 6.74. The molecule has 1 aliphatic heterocycles. The molecular formula is C10H20N2O2. The Kier molecular flexibility index (Phi) is 4.90. The molecule has 1 rings (SSSR count). The number of primary amides is 1. The van der Waals surface area contributed by atoms with Crippen LogP contribution in [-0.2, 0) is 9.53 Å². The van der Waals surface area contributed by atoms with E-state index < -0.39 is 0 Å². The van der Waals surface area contributed by atoms with Gasteiger partial charge in [0.15, 0.2) is 0 Å². The summed E-state index contributed by atoms with van der Waals surface area (Å²) in [5, 5.41) is 3.36. The van der Waals surface area contributed by atoms with Crippen molar-refractivity contribution in [2.75, 3.05) is 19.8 Å². The number of nitrogens with one attached hydrogen (secondary N) is 1. The fourth-order valence-corrected chi connectivity index (χ4v) is 1.82. The fourth-order valence-electron chi connectivity index (χ4n) is 1.82. The summed E-state index contributed by atoms with van der Waals surface area (Å²) in [5.41, 5.74) is 5.21. The van der Waals surface area contributed by atoms with Crippen LogP contribution in [0.1, 0.15) is 26.2 Å². The second-order valence-electron chi connectivity index (χ2n) is 3.85. The van der Waals surface area contributed by atoms with Gasteiger partial charge in [-0.1, -0.05) is 6.92 Å². The van der Waals surface area contributed by atoms with Gasteiger partial charge in [-0.15, -0.1) is 0 Å². The summed E-state index contributed by atoms with van der Waals surface area (Å²) in [6.45, 7) is 4.62. The van der Waals surface area contributed by atoms with Crippen LogP contribution in [0.5, 0.6) is 0 Å². The van der Waals surface area contributed by atoms with Gasteiger partial charge in [0.2, 0.25) is 5.91 Å². The molecule has 0 aromatic rings. The molecule has 3 N–H and O–H groups in total. The molecule has 1 fully saturated rings. The summed E-state index contributed by atoms with van der Waals surface area (Å²) in [6, 6.07) is 0.204. The Morgan fingerprint density at radius 2 is 2.50 bits per heavy atom. The Hall–Kier alpha value is -0.610. The molecule has 2 atom stereocenters. The van der Waals surface area contributed by atoms with E-state index in [0.29, 0.717) is 12.3 Å². The van der Waals surface area contributed by atoms with E-state index in [-0.39, 0.29) is 11.9 Å². The number of amides is 1. The second kappa shape index (κ2) is 5.98. The van der Waals surface area contributed by atoms with Gasteiger partial charge >= 0.3 is 0 Å². The van der Waals surface area contributed by atoms with Gasteiger partial charge in [0.05, 0.1) is 6.61 Å². The summed E-state index contributed by atoms with van der Waals surface area (Å²) >= 11 is 0. The minimum atomic E-state index is -0.231. The Morgan fingerprint density at radius 3 is 3.00 bits per heavy atom. The molecule has 82 valence electrons. The molecule has 4 heteroatoms. The van der Waals surface area contributed by atoms with Crippen molar-refractivity contribution in [2.45, 2.75) is 32.2 Å². The Labute approximate surface area is 85.2 Å². The van der Waals surface area contributed by atoms with E-state index in [1.54, 1.807) is 0 Å². The molecule has 0 bridgehead atoms. The Balaban J connectivity index is 2.37. The molecule has 0 aromatic heterocycles. The van der Waals surface area contributed by atoms with Crippen LogP contribution in [0.15, 0.2) is 0 Å². The zero-order valence-corrected chi connectivity index (χ0v) is 8.79. The molecule has 0 spiro atoms. The van der Waals surface area contributed by atoms with Crippen LogP contribution >= 0.6 is 0 Å². The van der Waals surface area contributed by atoms with Crippen molar-refractivity contribution in [3.05, 3.63) is 0 Å². The third-order valence-corrected chi connectivity index (χ3v) is 2.61. The molecule has 2 unspecified atom stereocenters. The van der Waals surface area contributed by atoms with Gasteiger partial charge < -0.3 is 15.8 Å². The smallest absolute Gasteiger partial charge is 0.218 e. The standard InChI is InChI=1S/C10H20N2O2/c1-2-4-12-9(6-10(11)13)8-3-5-14-7-8/h8-9,12H,2-7H2,1H3,(H2,11,13). The van der Waals surface area contributed by atoms with Crippen molar-refractivity contribution >= 4 is 5.91 Å². The highest BCUT2D eigenvalue weighted by atomic mass is 16.5. The molecular weight excluding hydrogens is 180 g/mol. The zero-order valence-electron chi connectivity index (χ0n) is 8.79. The predicted molar refractivity (Wildman–Crippen MR) is 54.8 cm³/mol. The van der Waals surface area contributed by atoms with E-state index in [0.717, 1.165) is 32.6 Å². The number of ether oxygens (including phenoxy) is 1. The third kappa shape index (κ3) is 3.64. The van der Waals surface area contributed by atoms with E-state index in [2.05, 4.69) is 12.2 Å². The molecule has 14 heavy (non-hydrogen) atoms. The lowest BCUT2D eigenvalue weighted by atomic mass is 9.96. The van der Waals surface area contributed by atoms with Gasteiger partial charge in [-0.25, -0.2) is 0 Å². The largest absolute Gasteiger partial charge is 0.381 e. The first-order valence-electron chi connectivity index (χ1n) is 5.33. The van der Waals surface area contributed by atoms with E-state index >= 15 is 0 Å². The van der Waals surface area contributed by atoms with Crippen LogP contribution in [0.25, 0.3) is 0 Å². The Bertz CT molecular complexity index is 179. The minimum Gasteiger partial charge on any atom is -0.381 e. The van der Waals surface area contributed by atoms with Crippen LogP contribution in [0.4, 0.5) is 0 Å². The molecule has 1 amide bonds. The quantitative estimate of drug-likeness (QED) is 0.646. The highest BCUT2D eigenvalue weighted by molar-refractivity contribution is 5.74. The molecule has 0 radical (unpaired) electrons. The van der Waals surface area contributed by atoms with Crippen molar-refractivity contribution in [1.29, 1.82) is 0 Å². The number of rotatable bonds is 6. The lowest BCUT2D eigenvalue weighted by Crippen LogP contribution is -2.40. The van der Waals surface area contributed by atoms with Gasteiger partial charge in [-0.3, -0.25) is 4.79 Å². The van der Waals surface area contributed by atoms with Crippen LogP contribution < -0.4 is 11.1 Å². The van der Waals surface area contributed by atoms with Crippen LogP contribution in [-0.4, -0.2) is 31.7 Å². The minimum absolute atomic E-state index is 0.204. The van der Waals surface area contributed by atoms with Gasteiger partial charge in [-0.05, 0) is 19.4 Å². The number of hydrogen-bond donors (Lipinski definition) is 2. The molecule has 0 aromatic carbocycles. The van der Waals surface area contributed by atoms with Crippen LogP contribution in [0.3, 0.4) is 0 Å². The van der Waals surface area contributed by atoms with Crippen molar-refractivity contribution < 1.29 is 9.53 Å². The number of nitrogens with two attached hydrogens (primary N) is 1. The first kappa shape index (κ1) is 11.5. The normalized spacial score (nSPS) is 23.6. The average molecular weight is 200 g/mol. The lowest BCUT2D eigenvalue weighted by Gasteiger charge is -2.22. The summed E-state index contributed by atoms with van der Waals surface area (Å²) < 4.78 is 5.31. The maximum Gasteiger partial charge on any atom is 0.218 e. The van der Waals surface area contributed by atoms with Gasteiger partial charge in [-0.2, -0.15) is 0 Å². The molecule has 1 saturated heterocycles. The van der Waals surface area contributed by atoms with E-state index in [1.165, 1.54) is 0 Å². The van der Waals surface area contributed by atoms with Crippen LogP contribution in [0, 0.1) is 5.92 Å². The summed E-state index contributed by atoms with van der Waals surface area (Å²) in [7, 11) is 0. The van der Waals surface area contributed by atoms with Crippen molar-refractivity contribution in [1.82, 2.24) is 5.32 Å². The van der Waals surface area contributed by atoms with E-state index in [1.807, 2.05) is 0 Å². The SMILES string of the molecule is CCCNC(CC(N)=O)C1CCOC1. The van der Waals surface area contributed by atoms with Crippen LogP contribution in [0.2, 0.25) is 0 Å². The highest BCUT2D eigenvalue weighted by Crippen LogP contribution is 2.18. The zero-order chi connectivity index (χ0) is 10.4. The number of carbonyl (C=O) groups is 1. The highest BCUT2D eigenvalue weighted by Gasteiger charge is 2.26. The molecule has 1 aliphatic rings. The van der Waals surface area contributed by atoms with E-state index in [9.17, 15) is 4.79 Å². The van der Waals surface area contributed by atoms with Gasteiger partial charge in [0.25, 0.3) is 0 Å². The first-order valence-corrected chi connectivity index (χ1v) is 5.33. The monoisotopic (exact) mass is 200 g/mol. The summed E-state index contributed by atoms with van der Waals surface area (Å²) in [6.07, 6.45) is 2.53. The Morgan fingerprint density at radius 1 is 1.71 bits per heavy atom. The van der Waals surface area contributed by atoms with Gasteiger partial charge in [0, 0.05) is 25.0 Å². The maximum atomic E-state index is 10.9. The van der Waals surface area contributed by atoms with E-state index in [4.69, 9.17) is 10.5 Å². The predicted octanol–water partition coefficient (Wildman–Crippen LogP) is 0.267. The fraction of sp³-hybridized carbons (Fsp3) is 0.900. The van der Waals surface area contributed by atoms with Gasteiger partial charge in [0.1, 0.15) is 0 Å². The topological polar surface area (TPSA) is 64.3 Å². The van der Waals surface area contributed by atoms with Crippen molar-refractivity contribution in [2.24, 2.45) is 11.7 Å². The van der Waals surface area contributed by atoms with Crippen molar-refractivity contribution in [3.63, 3.8) is 0 Å². The molecule has 1 heterocycles. The summed E-state index contributed by atoms with van der Waals surface area (Å²) in [5.74, 6) is 0.222.